The van der Waals surface area contributed by atoms with Crippen LogP contribution in [0.3, 0.4) is 0 Å². The van der Waals surface area contributed by atoms with Crippen LogP contribution in [0.4, 0.5) is 5.69 Å². The lowest BCUT2D eigenvalue weighted by Gasteiger charge is -2.15. The topological polar surface area (TPSA) is 33.1 Å². The zero-order chi connectivity index (χ0) is 8.97. The highest BCUT2D eigenvalue weighted by molar-refractivity contribution is 5.40. The van der Waals surface area contributed by atoms with Crippen LogP contribution in [0.25, 0.3) is 0 Å². The van der Waals surface area contributed by atoms with E-state index < -0.39 is 0 Å². The van der Waals surface area contributed by atoms with Gasteiger partial charge >= 0.3 is 0 Å². The van der Waals surface area contributed by atoms with E-state index in [9.17, 15) is 0 Å². The molecule has 0 aromatic carbocycles. The first-order valence-electron chi connectivity index (χ1n) is 4.08. The van der Waals surface area contributed by atoms with Crippen molar-refractivity contribution in [1.29, 1.82) is 0 Å². The Morgan fingerprint density at radius 1 is 1.67 bits per heavy atom. The summed E-state index contributed by atoms with van der Waals surface area (Å²) < 4.78 is 1.81. The van der Waals surface area contributed by atoms with Gasteiger partial charge in [-0.05, 0) is 7.05 Å². The van der Waals surface area contributed by atoms with E-state index in [1.807, 2.05) is 31.2 Å². The Labute approximate surface area is 73.2 Å². The van der Waals surface area contributed by atoms with Crippen LogP contribution in [-0.4, -0.2) is 37.0 Å². The van der Waals surface area contributed by atoms with Crippen LogP contribution in [0.1, 0.15) is 0 Å². The normalized spacial score (nSPS) is 10.2. The van der Waals surface area contributed by atoms with Crippen molar-refractivity contribution in [1.82, 2.24) is 15.1 Å². The molecule has 1 rings (SSSR count). The van der Waals surface area contributed by atoms with Gasteiger partial charge in [-0.15, -0.1) is 0 Å². The molecule has 0 aliphatic heterocycles. The second-order valence-corrected chi connectivity index (χ2v) is 2.90. The van der Waals surface area contributed by atoms with Crippen LogP contribution < -0.4 is 10.2 Å². The van der Waals surface area contributed by atoms with E-state index >= 15 is 0 Å². The number of rotatable bonds is 4. The minimum Gasteiger partial charge on any atom is -0.371 e. The third kappa shape index (κ3) is 2.23. The van der Waals surface area contributed by atoms with E-state index in [4.69, 9.17) is 0 Å². The molecular weight excluding hydrogens is 152 g/mol. The van der Waals surface area contributed by atoms with Crippen molar-refractivity contribution in [3.8, 4) is 0 Å². The monoisotopic (exact) mass is 168 g/mol. The molecule has 1 aromatic heterocycles. The van der Waals surface area contributed by atoms with E-state index in [1.165, 1.54) is 0 Å². The molecule has 0 atom stereocenters. The van der Waals surface area contributed by atoms with E-state index in [0.29, 0.717) is 0 Å². The van der Waals surface area contributed by atoms with Crippen LogP contribution in [0.15, 0.2) is 12.4 Å². The van der Waals surface area contributed by atoms with Crippen LogP contribution in [0.2, 0.25) is 0 Å². The molecule has 0 radical (unpaired) electrons. The van der Waals surface area contributed by atoms with Crippen molar-refractivity contribution in [3.05, 3.63) is 12.4 Å². The van der Waals surface area contributed by atoms with Gasteiger partial charge in [0.2, 0.25) is 0 Å². The molecule has 4 nitrogen and oxygen atoms in total. The number of hydrogen-bond acceptors (Lipinski definition) is 3. The number of likely N-dealkylation sites (N-methyl/N-ethyl adjacent to an activating group) is 2. The number of anilines is 1. The maximum absolute atomic E-state index is 4.10. The predicted octanol–water partition coefficient (Wildman–Crippen LogP) is 0.0757. The highest BCUT2D eigenvalue weighted by Crippen LogP contribution is 2.08. The van der Waals surface area contributed by atoms with Crippen molar-refractivity contribution in [2.24, 2.45) is 7.05 Å². The number of aryl methyl sites for hydroxylation is 1. The molecule has 0 aliphatic rings. The first-order chi connectivity index (χ1) is 5.74. The first kappa shape index (κ1) is 9.06. The summed E-state index contributed by atoms with van der Waals surface area (Å²) in [6, 6.07) is 0. The van der Waals surface area contributed by atoms with Crippen molar-refractivity contribution >= 4 is 5.69 Å². The summed E-state index contributed by atoms with van der Waals surface area (Å²) in [5.41, 5.74) is 1.16. The highest BCUT2D eigenvalue weighted by Gasteiger charge is 2.00. The summed E-state index contributed by atoms with van der Waals surface area (Å²) in [5, 5.41) is 7.21. The SMILES string of the molecule is CNCCN(C)c1cnn(C)c1. The summed E-state index contributed by atoms with van der Waals surface area (Å²) in [4.78, 5) is 2.17. The van der Waals surface area contributed by atoms with Crippen molar-refractivity contribution in [2.75, 3.05) is 32.1 Å². The summed E-state index contributed by atoms with van der Waals surface area (Å²) in [6.07, 6.45) is 3.88. The Balaban J connectivity index is 2.47. The minimum absolute atomic E-state index is 0.991. The number of hydrogen-bond donors (Lipinski definition) is 1. The van der Waals surface area contributed by atoms with Crippen LogP contribution >= 0.6 is 0 Å². The zero-order valence-electron chi connectivity index (χ0n) is 7.91. The molecule has 12 heavy (non-hydrogen) atoms. The lowest BCUT2D eigenvalue weighted by atomic mass is 10.4. The van der Waals surface area contributed by atoms with Crippen molar-refractivity contribution in [3.63, 3.8) is 0 Å². The molecule has 0 spiro atoms. The number of nitrogens with zero attached hydrogens (tertiary/aromatic N) is 3. The maximum atomic E-state index is 4.10. The van der Waals surface area contributed by atoms with Gasteiger partial charge in [0.15, 0.2) is 0 Å². The Bertz CT molecular complexity index is 231. The van der Waals surface area contributed by atoms with Gasteiger partial charge in [-0.1, -0.05) is 0 Å². The van der Waals surface area contributed by atoms with Crippen molar-refractivity contribution < 1.29 is 0 Å². The second kappa shape index (κ2) is 4.11. The Morgan fingerprint density at radius 2 is 2.42 bits per heavy atom. The van der Waals surface area contributed by atoms with Crippen molar-refractivity contribution in [2.45, 2.75) is 0 Å². The molecule has 0 saturated carbocycles. The van der Waals surface area contributed by atoms with Gasteiger partial charge in [0.1, 0.15) is 0 Å². The number of aromatic nitrogens is 2. The van der Waals surface area contributed by atoms with E-state index in [1.54, 1.807) is 0 Å². The lowest BCUT2D eigenvalue weighted by molar-refractivity contribution is 0.760. The summed E-state index contributed by atoms with van der Waals surface area (Å²) in [7, 11) is 5.95. The molecule has 0 saturated heterocycles. The van der Waals surface area contributed by atoms with Gasteiger partial charge in [0.05, 0.1) is 11.9 Å². The van der Waals surface area contributed by atoms with Gasteiger partial charge in [-0.2, -0.15) is 5.10 Å². The van der Waals surface area contributed by atoms with E-state index in [-0.39, 0.29) is 0 Å². The van der Waals surface area contributed by atoms with Crippen LogP contribution in [-0.2, 0) is 7.05 Å². The molecule has 0 aliphatic carbocycles. The van der Waals surface area contributed by atoms with Gasteiger partial charge in [0, 0.05) is 33.4 Å². The molecule has 1 N–H and O–H groups in total. The summed E-state index contributed by atoms with van der Waals surface area (Å²) in [6.45, 7) is 1.99. The van der Waals surface area contributed by atoms with Crippen LogP contribution in [0.5, 0.6) is 0 Å². The fourth-order valence-corrected chi connectivity index (χ4v) is 1.01. The Hall–Kier alpha value is -1.03. The average molecular weight is 168 g/mol. The number of nitrogens with one attached hydrogen (secondary N) is 1. The Kier molecular flexibility index (Phi) is 3.10. The summed E-state index contributed by atoms with van der Waals surface area (Å²) >= 11 is 0. The van der Waals surface area contributed by atoms with Crippen LogP contribution in [0, 0.1) is 0 Å². The predicted molar refractivity (Wildman–Crippen MR) is 50.4 cm³/mol. The van der Waals surface area contributed by atoms with E-state index in [2.05, 4.69) is 22.4 Å². The van der Waals surface area contributed by atoms with E-state index in [0.717, 1.165) is 18.8 Å². The molecular formula is C8H16N4. The van der Waals surface area contributed by atoms with Gasteiger partial charge < -0.3 is 10.2 Å². The first-order valence-corrected chi connectivity index (χ1v) is 4.08. The molecule has 1 heterocycles. The average Bonchev–Trinajstić information content (AvgIpc) is 2.47. The molecule has 0 amide bonds. The standard InChI is InChI=1S/C8H16N4/c1-9-4-5-11(2)8-6-10-12(3)7-8/h6-7,9H,4-5H2,1-3H3. The molecule has 0 unspecified atom stereocenters. The summed E-state index contributed by atoms with van der Waals surface area (Å²) in [5.74, 6) is 0. The molecule has 0 fully saturated rings. The molecule has 0 bridgehead atoms. The highest BCUT2D eigenvalue weighted by atomic mass is 15.3. The fraction of sp³-hybridized carbons (Fsp3) is 0.625. The smallest absolute Gasteiger partial charge is 0.0750 e. The quantitative estimate of drug-likeness (QED) is 0.691. The van der Waals surface area contributed by atoms with Gasteiger partial charge in [0.25, 0.3) is 0 Å². The third-order valence-electron chi connectivity index (χ3n) is 1.83. The maximum Gasteiger partial charge on any atom is 0.0750 e. The molecule has 68 valence electrons. The molecule has 4 heteroatoms. The largest absolute Gasteiger partial charge is 0.371 e. The minimum atomic E-state index is 0.991. The zero-order valence-corrected chi connectivity index (χ0v) is 7.91. The lowest BCUT2D eigenvalue weighted by Crippen LogP contribution is -2.26. The Morgan fingerprint density at radius 3 is 2.92 bits per heavy atom. The molecule has 1 aromatic rings. The van der Waals surface area contributed by atoms with Gasteiger partial charge in [-0.3, -0.25) is 4.68 Å². The van der Waals surface area contributed by atoms with Gasteiger partial charge in [-0.25, -0.2) is 0 Å². The third-order valence-corrected chi connectivity index (χ3v) is 1.83. The second-order valence-electron chi connectivity index (χ2n) is 2.90. The fourth-order valence-electron chi connectivity index (χ4n) is 1.01.